The van der Waals surface area contributed by atoms with E-state index >= 15 is 0 Å². The van der Waals surface area contributed by atoms with Crippen molar-refractivity contribution in [1.82, 2.24) is 4.98 Å². The summed E-state index contributed by atoms with van der Waals surface area (Å²) in [6.07, 6.45) is 2.42. The molecule has 0 bridgehead atoms. The van der Waals surface area contributed by atoms with Crippen LogP contribution in [0.15, 0.2) is 36.5 Å². The number of ether oxygens (including phenoxy) is 3. The molecule has 0 radical (unpaired) electrons. The number of carbonyl (C=O) groups excluding carboxylic acids is 2. The minimum Gasteiger partial charge on any atom is -0.493 e. The maximum Gasteiger partial charge on any atom is 0.237 e. The van der Waals surface area contributed by atoms with Gasteiger partial charge in [-0.1, -0.05) is 0 Å². The quantitative estimate of drug-likeness (QED) is 0.507. The lowest BCUT2D eigenvalue weighted by molar-refractivity contribution is -0.116. The van der Waals surface area contributed by atoms with Crippen molar-refractivity contribution in [2.45, 2.75) is 26.7 Å². The molecule has 0 fully saturated rings. The maximum atomic E-state index is 12.1. The van der Waals surface area contributed by atoms with Gasteiger partial charge in [0.1, 0.15) is 5.69 Å². The maximum absolute atomic E-state index is 12.1. The Labute approximate surface area is 158 Å². The first-order valence-electron chi connectivity index (χ1n) is 8.74. The lowest BCUT2D eigenvalue weighted by atomic mass is 10.1. The Morgan fingerprint density at radius 3 is 2.67 bits per heavy atom. The van der Waals surface area contributed by atoms with Gasteiger partial charge in [-0.05, 0) is 50.6 Å². The van der Waals surface area contributed by atoms with Crippen LogP contribution in [0.25, 0.3) is 0 Å². The van der Waals surface area contributed by atoms with Crippen LogP contribution < -0.4 is 19.5 Å². The normalized spacial score (nSPS) is 10.2. The highest BCUT2D eigenvalue weighted by Gasteiger charge is 2.10. The molecule has 7 nitrogen and oxygen atoms in total. The van der Waals surface area contributed by atoms with Crippen LogP contribution in [-0.2, 0) is 4.79 Å². The van der Waals surface area contributed by atoms with Gasteiger partial charge in [0.2, 0.25) is 11.8 Å². The van der Waals surface area contributed by atoms with Gasteiger partial charge in [-0.15, -0.1) is 0 Å². The van der Waals surface area contributed by atoms with Crippen molar-refractivity contribution >= 4 is 17.4 Å². The first-order chi connectivity index (χ1) is 13.0. The average molecular weight is 372 g/mol. The summed E-state index contributed by atoms with van der Waals surface area (Å²) in [4.78, 5) is 27.6. The first kappa shape index (κ1) is 20.2. The molecule has 0 aliphatic carbocycles. The topological polar surface area (TPSA) is 86.8 Å². The summed E-state index contributed by atoms with van der Waals surface area (Å²) < 4.78 is 16.3. The number of Topliss-reactive ketones (excluding diaryl/α,β-unsaturated/α-hetero) is 1. The number of anilines is 1. The van der Waals surface area contributed by atoms with E-state index in [9.17, 15) is 9.59 Å². The molecule has 1 N–H and O–H groups in total. The highest BCUT2D eigenvalue weighted by Crippen LogP contribution is 2.28. The van der Waals surface area contributed by atoms with Crippen LogP contribution in [0.2, 0.25) is 0 Å². The summed E-state index contributed by atoms with van der Waals surface area (Å²) in [5.74, 6) is 1.24. The largest absolute Gasteiger partial charge is 0.493 e. The van der Waals surface area contributed by atoms with E-state index in [4.69, 9.17) is 14.2 Å². The van der Waals surface area contributed by atoms with Gasteiger partial charge < -0.3 is 19.5 Å². The minimum absolute atomic E-state index is 0.0432. The second-order valence-corrected chi connectivity index (χ2v) is 5.71. The van der Waals surface area contributed by atoms with Gasteiger partial charge in [0.15, 0.2) is 17.3 Å². The van der Waals surface area contributed by atoms with E-state index in [-0.39, 0.29) is 18.1 Å². The number of nitrogens with one attached hydrogen (secondary N) is 1. The van der Waals surface area contributed by atoms with E-state index in [1.165, 1.54) is 14.0 Å². The number of aromatic nitrogens is 1. The van der Waals surface area contributed by atoms with Crippen molar-refractivity contribution in [2.75, 3.05) is 25.6 Å². The van der Waals surface area contributed by atoms with Gasteiger partial charge >= 0.3 is 0 Å². The number of benzene rings is 1. The highest BCUT2D eigenvalue weighted by molar-refractivity contribution is 5.94. The number of ketones is 1. The van der Waals surface area contributed by atoms with Gasteiger partial charge in [0.25, 0.3) is 0 Å². The zero-order valence-corrected chi connectivity index (χ0v) is 15.8. The zero-order chi connectivity index (χ0) is 19.6. The molecule has 1 amide bonds. The SMILES string of the molecule is CCOc1ncccc1NC(=O)CCCOc1ccc(C(C)=O)cc1OC. The predicted octanol–water partition coefficient (Wildman–Crippen LogP) is 3.49. The number of hydrogen-bond acceptors (Lipinski definition) is 6. The molecule has 0 spiro atoms. The molecule has 27 heavy (non-hydrogen) atoms. The molecule has 0 saturated carbocycles. The third kappa shape index (κ3) is 5.99. The van der Waals surface area contributed by atoms with Crippen molar-refractivity contribution in [2.24, 2.45) is 0 Å². The van der Waals surface area contributed by atoms with E-state index in [1.807, 2.05) is 6.92 Å². The van der Waals surface area contributed by atoms with E-state index in [0.717, 1.165) is 0 Å². The number of rotatable bonds is 10. The van der Waals surface area contributed by atoms with Crippen LogP contribution >= 0.6 is 0 Å². The number of hydrogen-bond donors (Lipinski definition) is 1. The van der Waals surface area contributed by atoms with Gasteiger partial charge in [0, 0.05) is 18.2 Å². The number of carbonyl (C=O) groups is 2. The monoisotopic (exact) mass is 372 g/mol. The molecule has 7 heteroatoms. The van der Waals surface area contributed by atoms with Crippen molar-refractivity contribution in [3.05, 3.63) is 42.1 Å². The van der Waals surface area contributed by atoms with Crippen LogP contribution in [0.5, 0.6) is 17.4 Å². The molecule has 0 aliphatic rings. The summed E-state index contributed by atoms with van der Waals surface area (Å²) in [5.41, 5.74) is 1.10. The molecule has 0 saturated heterocycles. The molecular weight excluding hydrogens is 348 g/mol. The van der Waals surface area contributed by atoms with Crippen LogP contribution in [0.1, 0.15) is 37.0 Å². The number of amides is 1. The van der Waals surface area contributed by atoms with Gasteiger partial charge in [-0.3, -0.25) is 9.59 Å². The summed E-state index contributed by atoms with van der Waals surface area (Å²) in [7, 11) is 1.52. The predicted molar refractivity (Wildman–Crippen MR) is 102 cm³/mol. The van der Waals surface area contributed by atoms with E-state index in [1.54, 1.807) is 36.5 Å². The summed E-state index contributed by atoms with van der Waals surface area (Å²) >= 11 is 0. The Balaban J connectivity index is 1.83. The molecule has 144 valence electrons. The van der Waals surface area contributed by atoms with Crippen molar-refractivity contribution < 1.29 is 23.8 Å². The van der Waals surface area contributed by atoms with E-state index in [0.29, 0.717) is 48.3 Å². The molecule has 1 aromatic heterocycles. The summed E-state index contributed by atoms with van der Waals surface area (Å²) in [6, 6.07) is 8.50. The second-order valence-electron chi connectivity index (χ2n) is 5.71. The number of pyridine rings is 1. The van der Waals surface area contributed by atoms with Crippen LogP contribution in [0.4, 0.5) is 5.69 Å². The minimum atomic E-state index is -0.147. The van der Waals surface area contributed by atoms with Gasteiger partial charge in [-0.25, -0.2) is 4.98 Å². The van der Waals surface area contributed by atoms with Crippen LogP contribution in [-0.4, -0.2) is 37.0 Å². The van der Waals surface area contributed by atoms with E-state index < -0.39 is 0 Å². The molecule has 2 rings (SSSR count). The standard InChI is InChI=1S/C20H24N2O5/c1-4-26-20-16(7-5-11-21-20)22-19(24)8-6-12-27-17-10-9-15(14(2)23)13-18(17)25-3/h5,7,9-11,13H,4,6,8,12H2,1-3H3,(H,22,24). The fourth-order valence-electron chi connectivity index (χ4n) is 2.37. The Hall–Kier alpha value is -3.09. The van der Waals surface area contributed by atoms with Crippen LogP contribution in [0.3, 0.4) is 0 Å². The average Bonchev–Trinajstić information content (AvgIpc) is 2.67. The van der Waals surface area contributed by atoms with Crippen molar-refractivity contribution in [3.63, 3.8) is 0 Å². The Bertz CT molecular complexity index is 792. The third-order valence-electron chi connectivity index (χ3n) is 3.70. The van der Waals surface area contributed by atoms with E-state index in [2.05, 4.69) is 10.3 Å². The fourth-order valence-corrected chi connectivity index (χ4v) is 2.37. The highest BCUT2D eigenvalue weighted by atomic mass is 16.5. The molecule has 1 heterocycles. The zero-order valence-electron chi connectivity index (χ0n) is 15.8. The summed E-state index contributed by atoms with van der Waals surface area (Å²) in [6.45, 7) is 4.16. The Kier molecular flexibility index (Phi) is 7.61. The molecule has 0 unspecified atom stereocenters. The first-order valence-corrected chi connectivity index (χ1v) is 8.74. The molecule has 1 aromatic carbocycles. The third-order valence-corrected chi connectivity index (χ3v) is 3.70. The molecule has 0 aliphatic heterocycles. The number of nitrogens with zero attached hydrogens (tertiary/aromatic N) is 1. The Morgan fingerprint density at radius 2 is 1.96 bits per heavy atom. The smallest absolute Gasteiger partial charge is 0.237 e. The lowest BCUT2D eigenvalue weighted by Crippen LogP contribution is -2.14. The molecule has 0 atom stereocenters. The Morgan fingerprint density at radius 1 is 1.15 bits per heavy atom. The lowest BCUT2D eigenvalue weighted by Gasteiger charge is -2.12. The molecular formula is C20H24N2O5. The fraction of sp³-hybridized carbons (Fsp3) is 0.350. The second kappa shape index (κ2) is 10.2. The molecule has 2 aromatic rings. The van der Waals surface area contributed by atoms with Gasteiger partial charge in [0.05, 0.1) is 20.3 Å². The summed E-state index contributed by atoms with van der Waals surface area (Å²) in [5, 5.41) is 2.79. The van der Waals surface area contributed by atoms with Crippen LogP contribution in [0, 0.1) is 0 Å². The van der Waals surface area contributed by atoms with Crippen molar-refractivity contribution in [3.8, 4) is 17.4 Å². The van der Waals surface area contributed by atoms with Crippen molar-refractivity contribution in [1.29, 1.82) is 0 Å². The van der Waals surface area contributed by atoms with Gasteiger partial charge in [-0.2, -0.15) is 0 Å². The number of methoxy groups -OCH3 is 1.